The lowest BCUT2D eigenvalue weighted by molar-refractivity contribution is -0.158. The molecule has 1 heterocycles. The Hall–Kier alpha value is -1.13. The van der Waals surface area contributed by atoms with Crippen LogP contribution in [0.4, 0.5) is 4.39 Å². The summed E-state index contributed by atoms with van der Waals surface area (Å²) in [5.41, 5.74) is -0.922. The van der Waals surface area contributed by atoms with Crippen LogP contribution in [0, 0.1) is 5.92 Å². The van der Waals surface area contributed by atoms with Crippen LogP contribution in [0.2, 0.25) is 0 Å². The summed E-state index contributed by atoms with van der Waals surface area (Å²) in [6.45, 7) is 6.61. The van der Waals surface area contributed by atoms with Gasteiger partial charge in [0.15, 0.2) is 0 Å². The molecule has 0 aromatic rings. The number of alkyl halides is 1. The summed E-state index contributed by atoms with van der Waals surface area (Å²) in [7, 11) is 0. The van der Waals surface area contributed by atoms with Gasteiger partial charge in [-0.05, 0) is 19.3 Å². The van der Waals surface area contributed by atoms with Gasteiger partial charge in [-0.15, -0.1) is 0 Å². The van der Waals surface area contributed by atoms with Crippen molar-refractivity contribution in [1.29, 1.82) is 0 Å². The highest BCUT2D eigenvalue weighted by Crippen LogP contribution is 2.26. The largest absolute Gasteiger partial charge is 0.342 e. The van der Waals surface area contributed by atoms with Crippen molar-refractivity contribution in [2.45, 2.75) is 45.7 Å². The van der Waals surface area contributed by atoms with Crippen LogP contribution in [-0.4, -0.2) is 41.5 Å². The van der Waals surface area contributed by atoms with Crippen molar-refractivity contribution >= 4 is 11.8 Å². The highest BCUT2D eigenvalue weighted by molar-refractivity contribution is 5.99. The summed E-state index contributed by atoms with van der Waals surface area (Å²) in [5, 5.41) is 2.74. The molecular formula is C12H21FN2O2. The van der Waals surface area contributed by atoms with Crippen LogP contribution in [0.5, 0.6) is 0 Å². The highest BCUT2D eigenvalue weighted by Gasteiger charge is 2.48. The highest BCUT2D eigenvalue weighted by atomic mass is 19.1. The molecule has 1 saturated heterocycles. The normalized spacial score (nSPS) is 29.8. The minimum atomic E-state index is -0.922. The molecule has 0 bridgehead atoms. The Bertz CT molecular complexity index is 320. The van der Waals surface area contributed by atoms with E-state index in [1.54, 1.807) is 6.92 Å². The van der Waals surface area contributed by atoms with Crippen molar-refractivity contribution in [1.82, 2.24) is 10.2 Å². The fourth-order valence-electron chi connectivity index (χ4n) is 2.14. The number of piperazine rings is 1. The predicted molar refractivity (Wildman–Crippen MR) is 63.2 cm³/mol. The molecule has 98 valence electrons. The molecule has 0 radical (unpaired) electrons. The Morgan fingerprint density at radius 1 is 1.47 bits per heavy atom. The van der Waals surface area contributed by atoms with Crippen molar-refractivity contribution < 1.29 is 14.0 Å². The maximum absolute atomic E-state index is 12.6. The molecule has 5 heteroatoms. The molecule has 1 rings (SSSR count). The maximum atomic E-state index is 12.6. The second-order valence-corrected chi connectivity index (χ2v) is 5.00. The first kappa shape index (κ1) is 13.9. The van der Waals surface area contributed by atoms with Crippen LogP contribution >= 0.6 is 0 Å². The van der Waals surface area contributed by atoms with Gasteiger partial charge in [0.25, 0.3) is 0 Å². The van der Waals surface area contributed by atoms with E-state index in [1.807, 2.05) is 20.8 Å². The topological polar surface area (TPSA) is 49.4 Å². The van der Waals surface area contributed by atoms with Gasteiger partial charge < -0.3 is 10.2 Å². The van der Waals surface area contributed by atoms with Gasteiger partial charge in [-0.3, -0.25) is 9.59 Å². The van der Waals surface area contributed by atoms with E-state index in [4.69, 9.17) is 0 Å². The number of carbonyl (C=O) groups is 2. The van der Waals surface area contributed by atoms with Gasteiger partial charge in [-0.25, -0.2) is 4.39 Å². The molecule has 0 aliphatic carbocycles. The lowest BCUT2D eigenvalue weighted by Crippen LogP contribution is -2.70. The van der Waals surface area contributed by atoms with E-state index in [1.165, 1.54) is 4.90 Å². The summed E-state index contributed by atoms with van der Waals surface area (Å²) in [5.74, 6) is -0.358. The molecule has 1 N–H and O–H groups in total. The molecule has 2 amide bonds. The van der Waals surface area contributed by atoms with Gasteiger partial charge in [-0.1, -0.05) is 20.8 Å². The summed E-state index contributed by atoms with van der Waals surface area (Å²) in [6, 6.07) is -0.534. The molecule has 0 aromatic carbocycles. The standard InChI is InChI=1S/C12H21FN2O2/c1-5-12(4)11(17)14-9(8(2)3)10(16)15(12)7-6-13/h8-9H,5-7H2,1-4H3,(H,14,17). The summed E-state index contributed by atoms with van der Waals surface area (Å²) < 4.78 is 12.6. The smallest absolute Gasteiger partial charge is 0.246 e. The van der Waals surface area contributed by atoms with Crippen molar-refractivity contribution in [3.8, 4) is 0 Å². The van der Waals surface area contributed by atoms with Crippen LogP contribution in [-0.2, 0) is 9.59 Å². The zero-order valence-electron chi connectivity index (χ0n) is 10.9. The Balaban J connectivity index is 3.06. The van der Waals surface area contributed by atoms with Gasteiger partial charge >= 0.3 is 0 Å². The minimum Gasteiger partial charge on any atom is -0.342 e. The van der Waals surface area contributed by atoms with Gasteiger partial charge in [0.1, 0.15) is 18.3 Å². The van der Waals surface area contributed by atoms with Gasteiger partial charge in [0.05, 0.1) is 6.54 Å². The quantitative estimate of drug-likeness (QED) is 0.805. The average molecular weight is 244 g/mol. The lowest BCUT2D eigenvalue weighted by Gasteiger charge is -2.46. The molecule has 2 unspecified atom stereocenters. The van der Waals surface area contributed by atoms with E-state index < -0.39 is 18.3 Å². The summed E-state index contributed by atoms with van der Waals surface area (Å²) >= 11 is 0. The predicted octanol–water partition coefficient (Wildman–Crippen LogP) is 1.11. The Morgan fingerprint density at radius 2 is 2.06 bits per heavy atom. The van der Waals surface area contributed by atoms with Crippen LogP contribution in [0.1, 0.15) is 34.1 Å². The number of carbonyl (C=O) groups excluding carboxylic acids is 2. The number of halogens is 1. The molecule has 2 atom stereocenters. The number of amides is 2. The zero-order chi connectivity index (χ0) is 13.2. The third-order valence-corrected chi connectivity index (χ3v) is 3.57. The molecule has 1 aliphatic heterocycles. The monoisotopic (exact) mass is 244 g/mol. The average Bonchev–Trinajstić information content (AvgIpc) is 2.29. The van der Waals surface area contributed by atoms with Gasteiger partial charge in [0, 0.05) is 0 Å². The third kappa shape index (κ3) is 2.28. The van der Waals surface area contributed by atoms with E-state index in [2.05, 4.69) is 5.32 Å². The second-order valence-electron chi connectivity index (χ2n) is 5.00. The van der Waals surface area contributed by atoms with Crippen LogP contribution < -0.4 is 5.32 Å². The van der Waals surface area contributed by atoms with Gasteiger partial charge in [0.2, 0.25) is 11.8 Å². The van der Waals surface area contributed by atoms with Crippen molar-refractivity contribution in [3.05, 3.63) is 0 Å². The van der Waals surface area contributed by atoms with E-state index in [0.717, 1.165) is 0 Å². The van der Waals surface area contributed by atoms with Crippen molar-refractivity contribution in [2.24, 2.45) is 5.92 Å². The molecule has 1 fully saturated rings. The first-order valence-corrected chi connectivity index (χ1v) is 6.06. The summed E-state index contributed by atoms with van der Waals surface area (Å²) in [4.78, 5) is 25.7. The third-order valence-electron chi connectivity index (χ3n) is 3.57. The van der Waals surface area contributed by atoms with Crippen LogP contribution in [0.3, 0.4) is 0 Å². The molecule has 0 saturated carbocycles. The lowest BCUT2D eigenvalue weighted by atomic mass is 9.88. The van der Waals surface area contributed by atoms with E-state index in [-0.39, 0.29) is 24.3 Å². The Kier molecular flexibility index (Phi) is 4.11. The van der Waals surface area contributed by atoms with E-state index in [0.29, 0.717) is 6.42 Å². The molecule has 0 spiro atoms. The fraction of sp³-hybridized carbons (Fsp3) is 0.833. The Morgan fingerprint density at radius 3 is 2.47 bits per heavy atom. The number of rotatable bonds is 4. The molecule has 17 heavy (non-hydrogen) atoms. The number of hydrogen-bond donors (Lipinski definition) is 1. The van der Waals surface area contributed by atoms with Crippen molar-refractivity contribution in [3.63, 3.8) is 0 Å². The van der Waals surface area contributed by atoms with E-state index in [9.17, 15) is 14.0 Å². The van der Waals surface area contributed by atoms with E-state index >= 15 is 0 Å². The SMILES string of the molecule is CCC1(C)C(=O)NC(C(C)C)C(=O)N1CCF. The number of hydrogen-bond acceptors (Lipinski definition) is 2. The zero-order valence-corrected chi connectivity index (χ0v) is 10.9. The fourth-order valence-corrected chi connectivity index (χ4v) is 2.14. The molecule has 1 aliphatic rings. The number of nitrogens with one attached hydrogen (secondary N) is 1. The minimum absolute atomic E-state index is 0.00923. The van der Waals surface area contributed by atoms with Crippen LogP contribution in [0.25, 0.3) is 0 Å². The Labute approximate surface area is 102 Å². The van der Waals surface area contributed by atoms with Crippen molar-refractivity contribution in [2.75, 3.05) is 13.2 Å². The molecule has 4 nitrogen and oxygen atoms in total. The first-order valence-electron chi connectivity index (χ1n) is 6.06. The molecular weight excluding hydrogens is 223 g/mol. The van der Waals surface area contributed by atoms with Crippen LogP contribution in [0.15, 0.2) is 0 Å². The number of nitrogens with zero attached hydrogens (tertiary/aromatic N) is 1. The maximum Gasteiger partial charge on any atom is 0.246 e. The second kappa shape index (κ2) is 5.02. The van der Waals surface area contributed by atoms with Gasteiger partial charge in [-0.2, -0.15) is 0 Å². The first-order chi connectivity index (χ1) is 7.88. The summed E-state index contributed by atoms with van der Waals surface area (Å²) in [6.07, 6.45) is 0.482. The molecule has 0 aromatic heterocycles.